The zero-order chi connectivity index (χ0) is 19.8. The van der Waals surface area contributed by atoms with Gasteiger partial charge in [-0.15, -0.1) is 0 Å². The second kappa shape index (κ2) is 7.02. The molecular formula is C21H25N3O3. The largest absolute Gasteiger partial charge is 0.351 e. The summed E-state index contributed by atoms with van der Waals surface area (Å²) in [5.41, 5.74) is 1.97. The molecule has 6 nitrogen and oxygen atoms in total. The number of carbonyl (C=O) groups excluding carboxylic acids is 3. The summed E-state index contributed by atoms with van der Waals surface area (Å²) in [5, 5.41) is 2.85. The summed E-state index contributed by atoms with van der Waals surface area (Å²) >= 11 is 0. The highest BCUT2D eigenvalue weighted by Crippen LogP contribution is 2.33. The number of nitrogens with one attached hydrogen (secondary N) is 1. The highest BCUT2D eigenvalue weighted by atomic mass is 16.2. The molecule has 1 fully saturated rings. The first-order valence-electron chi connectivity index (χ1n) is 9.17. The maximum absolute atomic E-state index is 13.2. The van der Waals surface area contributed by atoms with Crippen molar-refractivity contribution in [2.75, 3.05) is 6.54 Å². The van der Waals surface area contributed by atoms with Crippen LogP contribution in [0.25, 0.3) is 0 Å². The molecule has 2 heterocycles. The van der Waals surface area contributed by atoms with Gasteiger partial charge in [-0.3, -0.25) is 14.5 Å². The fraction of sp³-hybridized carbons (Fsp3) is 0.381. The summed E-state index contributed by atoms with van der Waals surface area (Å²) in [6.07, 6.45) is 1.20. The van der Waals surface area contributed by atoms with E-state index in [0.29, 0.717) is 12.0 Å². The molecular weight excluding hydrogens is 342 g/mol. The fourth-order valence-electron chi connectivity index (χ4n) is 3.74. The van der Waals surface area contributed by atoms with Gasteiger partial charge in [-0.1, -0.05) is 43.7 Å². The SMILES string of the molecule is CCC[C@@]1(c2ccccc2)NC(=O)N(CC(=O)c2cc(C)n(C)c2C)C1=O. The van der Waals surface area contributed by atoms with Crippen molar-refractivity contribution in [2.24, 2.45) is 7.05 Å². The van der Waals surface area contributed by atoms with E-state index in [4.69, 9.17) is 0 Å². The third kappa shape index (κ3) is 3.05. The van der Waals surface area contributed by atoms with Crippen LogP contribution >= 0.6 is 0 Å². The van der Waals surface area contributed by atoms with Crippen molar-refractivity contribution in [1.82, 2.24) is 14.8 Å². The zero-order valence-electron chi connectivity index (χ0n) is 16.2. The number of benzene rings is 1. The minimum atomic E-state index is -1.10. The van der Waals surface area contributed by atoms with Gasteiger partial charge in [0.2, 0.25) is 0 Å². The molecule has 1 aliphatic rings. The predicted molar refractivity (Wildman–Crippen MR) is 102 cm³/mol. The lowest BCUT2D eigenvalue weighted by Crippen LogP contribution is -2.44. The molecule has 0 unspecified atom stereocenters. The molecule has 1 N–H and O–H groups in total. The van der Waals surface area contributed by atoms with Gasteiger partial charge in [-0.2, -0.15) is 0 Å². The topological polar surface area (TPSA) is 71.4 Å². The smallest absolute Gasteiger partial charge is 0.325 e. The number of Topliss-reactive ketones (excluding diaryl/α,β-unsaturated/α-hetero) is 1. The summed E-state index contributed by atoms with van der Waals surface area (Å²) in [6, 6.07) is 10.5. The van der Waals surface area contributed by atoms with Gasteiger partial charge in [0, 0.05) is 24.0 Å². The van der Waals surface area contributed by atoms with Gasteiger partial charge >= 0.3 is 6.03 Å². The van der Waals surface area contributed by atoms with E-state index in [0.717, 1.165) is 28.3 Å². The second-order valence-electron chi connectivity index (χ2n) is 7.11. The van der Waals surface area contributed by atoms with E-state index in [2.05, 4.69) is 5.32 Å². The zero-order valence-corrected chi connectivity index (χ0v) is 16.2. The van der Waals surface area contributed by atoms with E-state index >= 15 is 0 Å². The monoisotopic (exact) mass is 367 g/mol. The third-order valence-corrected chi connectivity index (χ3v) is 5.44. The van der Waals surface area contributed by atoms with Crippen molar-refractivity contribution < 1.29 is 14.4 Å². The van der Waals surface area contributed by atoms with E-state index in [1.165, 1.54) is 0 Å². The van der Waals surface area contributed by atoms with Crippen LogP contribution < -0.4 is 5.32 Å². The molecule has 0 spiro atoms. The molecule has 3 rings (SSSR count). The Hall–Kier alpha value is -2.89. The van der Waals surface area contributed by atoms with Gasteiger partial charge in [0.05, 0.1) is 6.54 Å². The van der Waals surface area contributed by atoms with Gasteiger partial charge in [-0.05, 0) is 31.9 Å². The molecule has 1 aromatic heterocycles. The number of nitrogens with zero attached hydrogens (tertiary/aromatic N) is 2. The van der Waals surface area contributed by atoms with Crippen LogP contribution in [0.2, 0.25) is 0 Å². The first-order chi connectivity index (χ1) is 12.8. The molecule has 1 aromatic carbocycles. The van der Waals surface area contributed by atoms with Crippen LogP contribution in [-0.4, -0.2) is 33.7 Å². The normalized spacial score (nSPS) is 19.5. The van der Waals surface area contributed by atoms with Crippen LogP contribution in [0.4, 0.5) is 4.79 Å². The number of ketones is 1. The van der Waals surface area contributed by atoms with Gasteiger partial charge in [0.1, 0.15) is 5.54 Å². The standard InChI is InChI=1S/C21H25N3O3/c1-5-11-21(16-9-7-6-8-10-16)19(26)24(20(27)22-21)13-18(25)17-12-14(2)23(4)15(17)3/h6-10,12H,5,11,13H2,1-4H3,(H,22,27)/t21-/m0/s1. The van der Waals surface area contributed by atoms with Gasteiger partial charge in [0.15, 0.2) is 5.78 Å². The molecule has 1 atom stereocenters. The quantitative estimate of drug-likeness (QED) is 0.630. The molecule has 0 saturated carbocycles. The minimum Gasteiger partial charge on any atom is -0.351 e. The Kier molecular flexibility index (Phi) is 4.91. The van der Waals surface area contributed by atoms with Crippen molar-refractivity contribution in [2.45, 2.75) is 39.2 Å². The summed E-state index contributed by atoms with van der Waals surface area (Å²) in [6.45, 7) is 5.48. The molecule has 0 bridgehead atoms. The van der Waals surface area contributed by atoms with Crippen molar-refractivity contribution >= 4 is 17.7 Å². The van der Waals surface area contributed by atoms with Crippen LogP contribution in [-0.2, 0) is 17.4 Å². The average Bonchev–Trinajstić information content (AvgIpc) is 3.05. The summed E-state index contributed by atoms with van der Waals surface area (Å²) in [5.74, 6) is -0.598. The number of hydrogen-bond donors (Lipinski definition) is 1. The first-order valence-corrected chi connectivity index (χ1v) is 9.17. The van der Waals surface area contributed by atoms with E-state index in [1.807, 2.05) is 62.7 Å². The molecule has 1 saturated heterocycles. The van der Waals surface area contributed by atoms with Gasteiger partial charge in [-0.25, -0.2) is 4.79 Å². The summed E-state index contributed by atoms with van der Waals surface area (Å²) in [7, 11) is 1.89. The number of aryl methyl sites for hydroxylation is 1. The molecule has 2 aromatic rings. The van der Waals surface area contributed by atoms with Crippen LogP contribution in [0.3, 0.4) is 0 Å². The summed E-state index contributed by atoms with van der Waals surface area (Å²) in [4.78, 5) is 39.7. The Labute approximate surface area is 159 Å². The van der Waals surface area contributed by atoms with Crippen molar-refractivity contribution in [3.8, 4) is 0 Å². The molecule has 27 heavy (non-hydrogen) atoms. The van der Waals surface area contributed by atoms with Crippen LogP contribution in [0.1, 0.15) is 47.1 Å². The Balaban J connectivity index is 1.91. The Morgan fingerprint density at radius 2 is 1.81 bits per heavy atom. The van der Waals surface area contributed by atoms with Crippen LogP contribution in [0.15, 0.2) is 36.4 Å². The maximum Gasteiger partial charge on any atom is 0.325 e. The van der Waals surface area contributed by atoms with Crippen molar-refractivity contribution in [3.63, 3.8) is 0 Å². The van der Waals surface area contributed by atoms with E-state index in [1.54, 1.807) is 6.07 Å². The van der Waals surface area contributed by atoms with Crippen molar-refractivity contribution in [3.05, 3.63) is 58.9 Å². The number of imide groups is 1. The lowest BCUT2D eigenvalue weighted by atomic mass is 9.85. The average molecular weight is 367 g/mol. The number of amides is 3. The lowest BCUT2D eigenvalue weighted by Gasteiger charge is -2.26. The maximum atomic E-state index is 13.2. The Morgan fingerprint density at radius 3 is 2.37 bits per heavy atom. The van der Waals surface area contributed by atoms with E-state index in [-0.39, 0.29) is 18.2 Å². The number of rotatable bonds is 6. The van der Waals surface area contributed by atoms with Crippen LogP contribution in [0, 0.1) is 13.8 Å². The van der Waals surface area contributed by atoms with Crippen LogP contribution in [0.5, 0.6) is 0 Å². The number of aromatic nitrogens is 1. The van der Waals surface area contributed by atoms with Crippen molar-refractivity contribution in [1.29, 1.82) is 0 Å². The second-order valence-corrected chi connectivity index (χ2v) is 7.11. The molecule has 6 heteroatoms. The Morgan fingerprint density at radius 1 is 1.15 bits per heavy atom. The lowest BCUT2D eigenvalue weighted by molar-refractivity contribution is -0.131. The van der Waals surface area contributed by atoms with E-state index in [9.17, 15) is 14.4 Å². The molecule has 142 valence electrons. The number of carbonyl (C=O) groups is 3. The minimum absolute atomic E-state index is 0.236. The molecule has 0 radical (unpaired) electrons. The van der Waals surface area contributed by atoms with Gasteiger partial charge < -0.3 is 9.88 Å². The van der Waals surface area contributed by atoms with Gasteiger partial charge in [0.25, 0.3) is 5.91 Å². The summed E-state index contributed by atoms with van der Waals surface area (Å²) < 4.78 is 1.92. The molecule has 1 aliphatic heterocycles. The molecule has 3 amide bonds. The number of urea groups is 1. The number of hydrogen-bond acceptors (Lipinski definition) is 3. The molecule has 0 aliphatic carbocycles. The van der Waals surface area contributed by atoms with E-state index < -0.39 is 11.6 Å². The Bertz CT molecular complexity index is 901. The highest BCUT2D eigenvalue weighted by Gasteiger charge is 2.52. The highest BCUT2D eigenvalue weighted by molar-refractivity contribution is 6.11. The predicted octanol–water partition coefficient (Wildman–Crippen LogP) is 3.07. The fourth-order valence-corrected chi connectivity index (χ4v) is 3.74. The third-order valence-electron chi connectivity index (χ3n) is 5.44. The first kappa shape index (κ1) is 18.9.